The third-order valence-corrected chi connectivity index (χ3v) is 5.86. The Morgan fingerprint density at radius 3 is 2.62 bits per heavy atom. The molecular weight excluding hydrogens is 430 g/mol. The molecule has 0 bridgehead atoms. The zero-order valence-corrected chi connectivity index (χ0v) is 19.4. The molecule has 34 heavy (non-hydrogen) atoms. The van der Waals surface area contributed by atoms with Crippen molar-refractivity contribution < 1.29 is 14.6 Å². The highest BCUT2D eigenvalue weighted by molar-refractivity contribution is 5.96. The van der Waals surface area contributed by atoms with Crippen molar-refractivity contribution >= 4 is 5.91 Å². The molecule has 7 nitrogen and oxygen atoms in total. The van der Waals surface area contributed by atoms with Crippen LogP contribution >= 0.6 is 0 Å². The molecule has 0 radical (unpaired) electrons. The molecule has 1 amide bonds. The average molecular weight is 460 g/mol. The van der Waals surface area contributed by atoms with Gasteiger partial charge in [0.2, 0.25) is 5.43 Å². The Morgan fingerprint density at radius 1 is 1.09 bits per heavy atom. The minimum Gasteiger partial charge on any atom is -0.502 e. The molecule has 1 aromatic heterocycles. The number of hydrogen-bond donors (Lipinski definition) is 1. The van der Waals surface area contributed by atoms with Gasteiger partial charge in [0.15, 0.2) is 11.4 Å². The van der Waals surface area contributed by atoms with Gasteiger partial charge >= 0.3 is 0 Å². The van der Waals surface area contributed by atoms with Crippen molar-refractivity contribution in [3.8, 4) is 11.5 Å². The number of aryl methyl sites for hydroxylation is 1. The Labute approximate surface area is 199 Å². The van der Waals surface area contributed by atoms with Gasteiger partial charge in [-0.15, -0.1) is 0 Å². The molecule has 176 valence electrons. The molecule has 0 spiro atoms. The maximum atomic E-state index is 13.4. The Bertz CT molecular complexity index is 1240. The van der Waals surface area contributed by atoms with E-state index >= 15 is 0 Å². The summed E-state index contributed by atoms with van der Waals surface area (Å²) in [5.74, 6) is -0.119. The second-order valence-electron chi connectivity index (χ2n) is 8.32. The van der Waals surface area contributed by atoms with E-state index in [1.807, 2.05) is 85.6 Å². The Morgan fingerprint density at radius 2 is 1.88 bits per heavy atom. The Balaban J connectivity index is 1.57. The average Bonchev–Trinajstić information content (AvgIpc) is 2.84. The smallest absolute Gasteiger partial charge is 0.278 e. The third-order valence-electron chi connectivity index (χ3n) is 5.86. The van der Waals surface area contributed by atoms with Crippen LogP contribution in [-0.2, 0) is 6.54 Å². The van der Waals surface area contributed by atoms with Crippen LogP contribution in [0.5, 0.6) is 11.5 Å². The van der Waals surface area contributed by atoms with E-state index in [2.05, 4.69) is 0 Å². The number of ether oxygens (including phenoxy) is 1. The normalized spacial score (nSPS) is 14.4. The summed E-state index contributed by atoms with van der Waals surface area (Å²) in [4.78, 5) is 27.2. The van der Waals surface area contributed by atoms with Crippen LogP contribution in [-0.4, -0.2) is 39.9 Å². The monoisotopic (exact) mass is 459 g/mol. The highest BCUT2D eigenvalue weighted by Crippen LogP contribution is 2.24. The van der Waals surface area contributed by atoms with Crippen LogP contribution < -0.4 is 15.2 Å². The van der Waals surface area contributed by atoms with Gasteiger partial charge < -0.3 is 14.7 Å². The van der Waals surface area contributed by atoms with E-state index in [-0.39, 0.29) is 17.6 Å². The molecule has 1 N–H and O–H groups in total. The SMILES string of the molecule is CCC(/C=C/COc1cccc(C)c1)N1CN(Cc2ccccc2)n2ccc(=O)c(O)c2C1=O. The summed E-state index contributed by atoms with van der Waals surface area (Å²) in [6, 6.07) is 18.8. The maximum absolute atomic E-state index is 13.4. The molecule has 1 unspecified atom stereocenters. The number of pyridine rings is 1. The largest absolute Gasteiger partial charge is 0.502 e. The van der Waals surface area contributed by atoms with Crippen molar-refractivity contribution in [2.24, 2.45) is 0 Å². The molecule has 7 heteroatoms. The number of carbonyl (C=O) groups is 1. The number of aromatic nitrogens is 1. The summed E-state index contributed by atoms with van der Waals surface area (Å²) >= 11 is 0. The van der Waals surface area contributed by atoms with Gasteiger partial charge in [-0.1, -0.05) is 55.5 Å². The van der Waals surface area contributed by atoms with Crippen LogP contribution in [0.3, 0.4) is 0 Å². The lowest BCUT2D eigenvalue weighted by Gasteiger charge is -2.42. The summed E-state index contributed by atoms with van der Waals surface area (Å²) in [5.41, 5.74) is 1.59. The van der Waals surface area contributed by atoms with Gasteiger partial charge in [-0.05, 0) is 42.7 Å². The molecule has 0 aliphatic carbocycles. The summed E-state index contributed by atoms with van der Waals surface area (Å²) in [7, 11) is 0. The third kappa shape index (κ3) is 4.98. The molecule has 1 atom stereocenters. The van der Waals surface area contributed by atoms with E-state index in [9.17, 15) is 14.7 Å². The maximum Gasteiger partial charge on any atom is 0.278 e. The standard InChI is InChI=1S/C27H29N3O4/c1-3-22(12-8-16-34-23-13-7-9-20(2)17-23)29-19-28(18-21-10-5-4-6-11-21)30-15-14-24(31)26(32)25(30)27(29)33/h4-15,17,22,32H,3,16,18-19H2,1-2H3/b12-8+. The summed E-state index contributed by atoms with van der Waals surface area (Å²) < 4.78 is 7.38. The van der Waals surface area contributed by atoms with Crippen LogP contribution in [0.4, 0.5) is 0 Å². The minimum atomic E-state index is -0.573. The predicted octanol–water partition coefficient (Wildman–Crippen LogP) is 3.83. The van der Waals surface area contributed by atoms with Gasteiger partial charge in [-0.2, -0.15) is 0 Å². The highest BCUT2D eigenvalue weighted by atomic mass is 16.5. The quantitative estimate of drug-likeness (QED) is 0.518. The van der Waals surface area contributed by atoms with E-state index < -0.39 is 11.2 Å². The molecule has 1 aliphatic heterocycles. The van der Waals surface area contributed by atoms with Gasteiger partial charge in [-0.3, -0.25) is 19.3 Å². The number of fused-ring (bicyclic) bond motifs is 1. The minimum absolute atomic E-state index is 0.0162. The van der Waals surface area contributed by atoms with E-state index in [0.717, 1.165) is 16.9 Å². The predicted molar refractivity (Wildman–Crippen MR) is 132 cm³/mol. The van der Waals surface area contributed by atoms with Gasteiger partial charge in [0.05, 0.1) is 12.6 Å². The lowest BCUT2D eigenvalue weighted by molar-refractivity contribution is 0.0631. The molecule has 2 heterocycles. The van der Waals surface area contributed by atoms with Crippen LogP contribution in [0, 0.1) is 6.92 Å². The van der Waals surface area contributed by atoms with Gasteiger partial charge in [-0.25, -0.2) is 0 Å². The highest BCUT2D eigenvalue weighted by Gasteiger charge is 2.34. The molecule has 1 aliphatic rings. The van der Waals surface area contributed by atoms with E-state index in [1.165, 1.54) is 6.07 Å². The lowest BCUT2D eigenvalue weighted by atomic mass is 10.1. The molecule has 0 saturated carbocycles. The van der Waals surface area contributed by atoms with Crippen molar-refractivity contribution in [2.75, 3.05) is 18.3 Å². The second kappa shape index (κ2) is 10.3. The van der Waals surface area contributed by atoms with Crippen molar-refractivity contribution in [3.05, 3.63) is 106 Å². The zero-order valence-electron chi connectivity index (χ0n) is 19.4. The van der Waals surface area contributed by atoms with Crippen molar-refractivity contribution in [1.29, 1.82) is 0 Å². The number of nitrogens with zero attached hydrogens (tertiary/aromatic N) is 3. The number of aromatic hydroxyl groups is 1. The first-order valence-corrected chi connectivity index (χ1v) is 11.4. The van der Waals surface area contributed by atoms with Crippen LogP contribution in [0.2, 0.25) is 0 Å². The molecule has 0 saturated heterocycles. The van der Waals surface area contributed by atoms with Crippen LogP contribution in [0.1, 0.15) is 35.0 Å². The fourth-order valence-corrected chi connectivity index (χ4v) is 4.09. The topological polar surface area (TPSA) is 75.0 Å². The van der Waals surface area contributed by atoms with Crippen molar-refractivity contribution in [3.63, 3.8) is 0 Å². The van der Waals surface area contributed by atoms with Gasteiger partial charge in [0.25, 0.3) is 5.91 Å². The van der Waals surface area contributed by atoms with Crippen molar-refractivity contribution in [2.45, 2.75) is 32.9 Å². The lowest BCUT2D eigenvalue weighted by Crippen LogP contribution is -2.56. The van der Waals surface area contributed by atoms with Crippen LogP contribution in [0.25, 0.3) is 0 Å². The number of benzene rings is 2. The van der Waals surface area contributed by atoms with Gasteiger partial charge in [0.1, 0.15) is 19.0 Å². The zero-order chi connectivity index (χ0) is 24.1. The number of carbonyl (C=O) groups excluding carboxylic acids is 1. The first kappa shape index (κ1) is 23.2. The van der Waals surface area contributed by atoms with E-state index in [0.29, 0.717) is 26.2 Å². The number of amides is 1. The summed E-state index contributed by atoms with van der Waals surface area (Å²) in [6.45, 7) is 5.20. The molecule has 2 aromatic carbocycles. The fourth-order valence-electron chi connectivity index (χ4n) is 4.09. The second-order valence-corrected chi connectivity index (χ2v) is 8.32. The Hall–Kier alpha value is -4.00. The van der Waals surface area contributed by atoms with E-state index in [1.54, 1.807) is 15.8 Å². The summed E-state index contributed by atoms with van der Waals surface area (Å²) in [5, 5.41) is 12.4. The molecule has 0 fully saturated rings. The number of rotatable bonds is 8. The van der Waals surface area contributed by atoms with E-state index in [4.69, 9.17) is 4.74 Å². The summed E-state index contributed by atoms with van der Waals surface area (Å²) in [6.07, 6.45) is 6.06. The number of hydrogen-bond acceptors (Lipinski definition) is 5. The van der Waals surface area contributed by atoms with Gasteiger partial charge in [0, 0.05) is 12.3 Å². The van der Waals surface area contributed by atoms with Crippen molar-refractivity contribution in [1.82, 2.24) is 9.58 Å². The first-order valence-electron chi connectivity index (χ1n) is 11.4. The van der Waals surface area contributed by atoms with Crippen LogP contribution in [0.15, 0.2) is 83.8 Å². The molecular formula is C27H29N3O4. The molecule has 4 rings (SSSR count). The molecule has 3 aromatic rings. The fraction of sp³-hybridized carbons (Fsp3) is 0.259. The Kier molecular flexibility index (Phi) is 7.01. The first-order chi connectivity index (χ1) is 16.5.